The molecule has 0 spiro atoms. The molecule has 0 aliphatic heterocycles. The third-order valence-electron chi connectivity index (χ3n) is 2.00. The van der Waals surface area contributed by atoms with Crippen LogP contribution in [0.5, 0.6) is 5.75 Å². The molecule has 0 saturated heterocycles. The Kier molecular flexibility index (Phi) is 3.55. The van der Waals surface area contributed by atoms with Crippen LogP contribution in [0.3, 0.4) is 0 Å². The first-order chi connectivity index (χ1) is 7.04. The summed E-state index contributed by atoms with van der Waals surface area (Å²) in [6.45, 7) is 1.49. The van der Waals surface area contributed by atoms with E-state index in [0.29, 0.717) is 0 Å². The lowest BCUT2D eigenvalue weighted by Crippen LogP contribution is -2.14. The van der Waals surface area contributed by atoms with Crippen molar-refractivity contribution in [3.63, 3.8) is 0 Å². The predicted octanol–water partition coefficient (Wildman–Crippen LogP) is 1.72. The largest absolute Gasteiger partial charge is 0.497 e. The quantitative estimate of drug-likeness (QED) is 0.822. The number of carbonyl (C=O) groups is 1. The van der Waals surface area contributed by atoms with Crippen molar-refractivity contribution in [3.8, 4) is 5.75 Å². The van der Waals surface area contributed by atoms with Crippen LogP contribution in [0.25, 0.3) is 0 Å². The second kappa shape index (κ2) is 4.68. The SMILES string of the molecule is COc1ccc(N(C)C)c(NC(C)=O)c1. The van der Waals surface area contributed by atoms with Crippen LogP contribution in [0.15, 0.2) is 18.2 Å². The summed E-state index contributed by atoms with van der Waals surface area (Å²) in [6, 6.07) is 5.57. The van der Waals surface area contributed by atoms with Gasteiger partial charge in [0.2, 0.25) is 5.91 Å². The summed E-state index contributed by atoms with van der Waals surface area (Å²) < 4.78 is 5.10. The summed E-state index contributed by atoms with van der Waals surface area (Å²) in [7, 11) is 5.45. The zero-order valence-electron chi connectivity index (χ0n) is 9.50. The summed E-state index contributed by atoms with van der Waals surface area (Å²) in [6.07, 6.45) is 0. The van der Waals surface area contributed by atoms with Crippen LogP contribution in [-0.2, 0) is 4.79 Å². The van der Waals surface area contributed by atoms with Crippen molar-refractivity contribution in [3.05, 3.63) is 18.2 Å². The van der Waals surface area contributed by atoms with Gasteiger partial charge in [0.05, 0.1) is 18.5 Å². The van der Waals surface area contributed by atoms with Crippen LogP contribution in [0.1, 0.15) is 6.92 Å². The Balaban J connectivity index is 3.10. The molecule has 0 saturated carbocycles. The van der Waals surface area contributed by atoms with E-state index in [1.54, 1.807) is 13.2 Å². The van der Waals surface area contributed by atoms with Crippen molar-refractivity contribution >= 4 is 17.3 Å². The van der Waals surface area contributed by atoms with Gasteiger partial charge in [0.1, 0.15) is 5.75 Å². The highest BCUT2D eigenvalue weighted by molar-refractivity contribution is 5.93. The summed E-state index contributed by atoms with van der Waals surface area (Å²) in [4.78, 5) is 13.0. The molecule has 0 aliphatic carbocycles. The molecule has 4 nitrogen and oxygen atoms in total. The standard InChI is InChI=1S/C11H16N2O2/c1-8(14)12-10-7-9(15-4)5-6-11(10)13(2)3/h5-7H,1-4H3,(H,12,14). The van der Waals surface area contributed by atoms with Crippen LogP contribution < -0.4 is 15.0 Å². The van der Waals surface area contributed by atoms with E-state index in [-0.39, 0.29) is 5.91 Å². The minimum absolute atomic E-state index is 0.0913. The van der Waals surface area contributed by atoms with Crippen molar-refractivity contribution in [2.45, 2.75) is 6.92 Å². The zero-order valence-corrected chi connectivity index (χ0v) is 9.50. The third-order valence-corrected chi connectivity index (χ3v) is 2.00. The zero-order chi connectivity index (χ0) is 11.4. The maximum atomic E-state index is 11.0. The number of nitrogens with one attached hydrogen (secondary N) is 1. The first kappa shape index (κ1) is 11.4. The first-order valence-electron chi connectivity index (χ1n) is 4.67. The number of anilines is 2. The molecule has 0 aliphatic rings. The first-order valence-corrected chi connectivity index (χ1v) is 4.67. The average Bonchev–Trinajstić information content (AvgIpc) is 2.16. The second-order valence-electron chi connectivity index (χ2n) is 3.46. The Labute approximate surface area is 89.8 Å². The maximum absolute atomic E-state index is 11.0. The summed E-state index contributed by atoms with van der Waals surface area (Å²) in [5.74, 6) is 0.635. The number of carbonyl (C=O) groups excluding carboxylic acids is 1. The fourth-order valence-corrected chi connectivity index (χ4v) is 1.32. The highest BCUT2D eigenvalue weighted by atomic mass is 16.5. The number of nitrogens with zero attached hydrogens (tertiary/aromatic N) is 1. The van der Waals surface area contributed by atoms with E-state index in [9.17, 15) is 4.79 Å². The normalized spacial score (nSPS) is 9.60. The number of methoxy groups -OCH3 is 1. The Morgan fingerprint density at radius 1 is 1.40 bits per heavy atom. The van der Waals surface area contributed by atoms with Gasteiger partial charge in [-0.2, -0.15) is 0 Å². The van der Waals surface area contributed by atoms with Gasteiger partial charge in [-0.05, 0) is 12.1 Å². The van der Waals surface area contributed by atoms with Crippen molar-refractivity contribution < 1.29 is 9.53 Å². The minimum atomic E-state index is -0.0913. The second-order valence-corrected chi connectivity index (χ2v) is 3.46. The van der Waals surface area contributed by atoms with Gasteiger partial charge in [-0.3, -0.25) is 4.79 Å². The van der Waals surface area contributed by atoms with E-state index < -0.39 is 0 Å². The number of ether oxygens (including phenoxy) is 1. The molecule has 15 heavy (non-hydrogen) atoms. The molecule has 1 amide bonds. The number of amides is 1. The van der Waals surface area contributed by atoms with Crippen molar-refractivity contribution in [2.24, 2.45) is 0 Å². The van der Waals surface area contributed by atoms with Gasteiger partial charge in [-0.25, -0.2) is 0 Å². The number of benzene rings is 1. The monoisotopic (exact) mass is 208 g/mol. The minimum Gasteiger partial charge on any atom is -0.497 e. The molecule has 0 heterocycles. The van der Waals surface area contributed by atoms with Gasteiger partial charge in [-0.15, -0.1) is 0 Å². The van der Waals surface area contributed by atoms with Crippen LogP contribution >= 0.6 is 0 Å². The van der Waals surface area contributed by atoms with E-state index in [1.165, 1.54) is 6.92 Å². The molecular weight excluding hydrogens is 192 g/mol. The van der Waals surface area contributed by atoms with Gasteiger partial charge in [0, 0.05) is 27.1 Å². The Morgan fingerprint density at radius 3 is 2.53 bits per heavy atom. The molecule has 0 atom stereocenters. The van der Waals surface area contributed by atoms with E-state index in [4.69, 9.17) is 4.74 Å². The number of rotatable bonds is 3. The fourth-order valence-electron chi connectivity index (χ4n) is 1.32. The van der Waals surface area contributed by atoms with E-state index >= 15 is 0 Å². The van der Waals surface area contributed by atoms with Crippen LogP contribution in [0.4, 0.5) is 11.4 Å². The highest BCUT2D eigenvalue weighted by Crippen LogP contribution is 2.28. The third kappa shape index (κ3) is 2.87. The van der Waals surface area contributed by atoms with Gasteiger partial charge in [-0.1, -0.05) is 0 Å². The average molecular weight is 208 g/mol. The number of hydrogen-bond acceptors (Lipinski definition) is 3. The molecule has 0 fully saturated rings. The molecule has 1 aromatic carbocycles. The van der Waals surface area contributed by atoms with Crippen molar-refractivity contribution in [2.75, 3.05) is 31.4 Å². The van der Waals surface area contributed by atoms with Crippen LogP contribution in [0, 0.1) is 0 Å². The van der Waals surface area contributed by atoms with Crippen LogP contribution in [-0.4, -0.2) is 27.1 Å². The molecule has 0 radical (unpaired) electrons. The molecule has 0 bridgehead atoms. The lowest BCUT2D eigenvalue weighted by molar-refractivity contribution is -0.114. The molecule has 0 unspecified atom stereocenters. The van der Waals surface area contributed by atoms with Gasteiger partial charge in [0.25, 0.3) is 0 Å². The van der Waals surface area contributed by atoms with Crippen LogP contribution in [0.2, 0.25) is 0 Å². The lowest BCUT2D eigenvalue weighted by atomic mass is 10.2. The summed E-state index contributed by atoms with van der Waals surface area (Å²) in [5.41, 5.74) is 1.71. The Bertz CT molecular complexity index is 362. The van der Waals surface area contributed by atoms with Crippen molar-refractivity contribution in [1.82, 2.24) is 0 Å². The Hall–Kier alpha value is -1.71. The topological polar surface area (TPSA) is 41.6 Å². The predicted molar refractivity (Wildman–Crippen MR) is 61.6 cm³/mol. The molecular formula is C11H16N2O2. The summed E-state index contributed by atoms with van der Waals surface area (Å²) in [5, 5.41) is 2.77. The molecule has 1 N–H and O–H groups in total. The number of hydrogen-bond donors (Lipinski definition) is 1. The fraction of sp³-hybridized carbons (Fsp3) is 0.364. The molecule has 1 rings (SSSR count). The molecule has 4 heteroatoms. The highest BCUT2D eigenvalue weighted by Gasteiger charge is 2.07. The maximum Gasteiger partial charge on any atom is 0.221 e. The van der Waals surface area contributed by atoms with E-state index in [0.717, 1.165) is 17.1 Å². The molecule has 0 aromatic heterocycles. The van der Waals surface area contributed by atoms with Crippen molar-refractivity contribution in [1.29, 1.82) is 0 Å². The molecule has 1 aromatic rings. The van der Waals surface area contributed by atoms with E-state index in [2.05, 4.69) is 5.32 Å². The van der Waals surface area contributed by atoms with E-state index in [1.807, 2.05) is 31.1 Å². The van der Waals surface area contributed by atoms with Gasteiger partial charge in [0.15, 0.2) is 0 Å². The smallest absolute Gasteiger partial charge is 0.221 e. The lowest BCUT2D eigenvalue weighted by Gasteiger charge is -2.18. The van der Waals surface area contributed by atoms with Gasteiger partial charge < -0.3 is 15.0 Å². The summed E-state index contributed by atoms with van der Waals surface area (Å²) >= 11 is 0. The van der Waals surface area contributed by atoms with Gasteiger partial charge >= 0.3 is 0 Å². The molecule has 82 valence electrons. The Morgan fingerprint density at radius 2 is 2.07 bits per heavy atom.